The molecule has 1 saturated heterocycles. The van der Waals surface area contributed by atoms with Gasteiger partial charge in [0.25, 0.3) is 5.91 Å². The van der Waals surface area contributed by atoms with Crippen molar-refractivity contribution < 1.29 is 23.8 Å². The van der Waals surface area contributed by atoms with E-state index in [9.17, 15) is 14.9 Å². The van der Waals surface area contributed by atoms with Crippen LogP contribution in [0.4, 0.5) is 0 Å². The van der Waals surface area contributed by atoms with E-state index in [1.807, 2.05) is 0 Å². The van der Waals surface area contributed by atoms with Gasteiger partial charge in [0.15, 0.2) is 0 Å². The number of methoxy groups -OCH3 is 1. The Morgan fingerprint density at radius 2 is 1.94 bits per heavy atom. The molecule has 1 fully saturated rings. The van der Waals surface area contributed by atoms with Gasteiger partial charge in [-0.25, -0.2) is 0 Å². The summed E-state index contributed by atoms with van der Waals surface area (Å²) in [5, 5.41) is 9.56. The normalized spacial score (nSPS) is 26.1. The Kier molecular flexibility index (Phi) is 7.88. The summed E-state index contributed by atoms with van der Waals surface area (Å²) in [5.41, 5.74) is 0.636. The van der Waals surface area contributed by atoms with E-state index < -0.39 is 0 Å². The van der Waals surface area contributed by atoms with Crippen molar-refractivity contribution in [3.8, 4) is 11.8 Å². The lowest BCUT2D eigenvalue weighted by molar-refractivity contribution is -0.145. The molecule has 2 bridgehead atoms. The van der Waals surface area contributed by atoms with Crippen molar-refractivity contribution in [1.82, 2.24) is 9.80 Å². The zero-order chi connectivity index (χ0) is 22.4. The van der Waals surface area contributed by atoms with Crippen LogP contribution in [0.1, 0.15) is 48.0 Å². The molecule has 0 aliphatic carbocycles. The second-order valence-electron chi connectivity index (χ2n) is 8.19. The lowest BCUT2D eigenvalue weighted by atomic mass is 9.99. The predicted molar refractivity (Wildman–Crippen MR) is 114 cm³/mol. The number of fused-ring (bicyclic) bond motifs is 3. The van der Waals surface area contributed by atoms with Crippen molar-refractivity contribution in [2.75, 3.05) is 40.9 Å². The number of hydrogen-bond donors (Lipinski definition) is 0. The van der Waals surface area contributed by atoms with Gasteiger partial charge in [-0.1, -0.05) is 6.07 Å². The Balaban J connectivity index is 1.90. The van der Waals surface area contributed by atoms with Crippen molar-refractivity contribution in [3.63, 3.8) is 0 Å². The summed E-state index contributed by atoms with van der Waals surface area (Å²) in [6.07, 6.45) is 2.89. The summed E-state index contributed by atoms with van der Waals surface area (Å²) in [5.74, 6) is 0.0848. The summed E-state index contributed by atoms with van der Waals surface area (Å²) >= 11 is 0. The van der Waals surface area contributed by atoms with Gasteiger partial charge in [-0.05, 0) is 37.8 Å². The van der Waals surface area contributed by atoms with Gasteiger partial charge < -0.3 is 24.0 Å². The molecule has 0 N–H and O–H groups in total. The fourth-order valence-corrected chi connectivity index (χ4v) is 4.11. The average molecular weight is 430 g/mol. The summed E-state index contributed by atoms with van der Waals surface area (Å²) < 4.78 is 17.9. The highest BCUT2D eigenvalue weighted by molar-refractivity contribution is 5.97. The fraction of sp³-hybridized carbons (Fsp3) is 0.609. The molecule has 1 aromatic rings. The minimum Gasteiger partial charge on any atom is -0.489 e. The van der Waals surface area contributed by atoms with Gasteiger partial charge in [0.1, 0.15) is 24.5 Å². The monoisotopic (exact) mass is 429 g/mol. The molecule has 0 saturated carbocycles. The van der Waals surface area contributed by atoms with E-state index in [-0.39, 0.29) is 42.5 Å². The molecule has 3 rings (SSSR count). The van der Waals surface area contributed by atoms with Crippen LogP contribution in [0.25, 0.3) is 0 Å². The Morgan fingerprint density at radius 3 is 2.68 bits per heavy atom. The number of hydrogen-bond acceptors (Lipinski definition) is 6. The number of benzene rings is 1. The molecule has 2 aliphatic rings. The number of amides is 2. The van der Waals surface area contributed by atoms with Gasteiger partial charge in [0.2, 0.25) is 5.91 Å². The number of nitriles is 1. The lowest BCUT2D eigenvalue weighted by Crippen LogP contribution is -2.44. The zero-order valence-corrected chi connectivity index (χ0v) is 18.5. The molecule has 0 aromatic heterocycles. The first-order chi connectivity index (χ1) is 14.9. The van der Waals surface area contributed by atoms with Gasteiger partial charge in [0, 0.05) is 40.7 Å². The van der Waals surface area contributed by atoms with Crippen LogP contribution in [0, 0.1) is 11.3 Å². The zero-order valence-electron chi connectivity index (χ0n) is 18.5. The van der Waals surface area contributed by atoms with Crippen molar-refractivity contribution in [2.24, 2.45) is 0 Å². The van der Waals surface area contributed by atoms with Crippen LogP contribution in [-0.4, -0.2) is 80.8 Å². The van der Waals surface area contributed by atoms with E-state index in [2.05, 4.69) is 6.07 Å². The maximum atomic E-state index is 13.1. The largest absolute Gasteiger partial charge is 0.489 e. The van der Waals surface area contributed by atoms with Crippen molar-refractivity contribution in [2.45, 2.75) is 50.4 Å². The maximum Gasteiger partial charge on any atom is 0.257 e. The summed E-state index contributed by atoms with van der Waals surface area (Å²) in [6.45, 7) is 1.23. The van der Waals surface area contributed by atoms with E-state index in [1.165, 1.54) is 0 Å². The molecular formula is C23H31N3O5. The standard InChI is InChI=1S/C23H31N3O5/c1-25-13-11-17-9-10-19(29-3)20(31-17)15-30-22-16(14-24)6-4-7-18(22)23(28)26(2)12-5-8-21(25)27/h4,6-7,17,19-20H,5,8-13,15H2,1-3H3/t17-,19+,20+/m1/s1. The minimum absolute atomic E-state index is 0.00148. The number of rotatable bonds is 1. The first-order valence-electron chi connectivity index (χ1n) is 10.8. The SMILES string of the molecule is CO[C@H]1CC[C@@H]2CCN(C)C(=O)CCCN(C)C(=O)c3cccc(C#N)c3OC[C@@H]1O2. The Morgan fingerprint density at radius 1 is 1.13 bits per heavy atom. The predicted octanol–water partition coefficient (Wildman–Crippen LogP) is 2.21. The molecule has 0 unspecified atom stereocenters. The van der Waals surface area contributed by atoms with Crippen LogP contribution in [0.5, 0.6) is 5.75 Å². The molecule has 2 amide bonds. The van der Waals surface area contributed by atoms with Crippen LogP contribution in [0.2, 0.25) is 0 Å². The number of para-hydroxylation sites is 1. The smallest absolute Gasteiger partial charge is 0.257 e. The van der Waals surface area contributed by atoms with Crippen LogP contribution < -0.4 is 4.74 Å². The summed E-state index contributed by atoms with van der Waals surface area (Å²) in [6, 6.07) is 7.09. The Labute approximate surface area is 183 Å². The highest BCUT2D eigenvalue weighted by Gasteiger charge is 2.33. The third kappa shape index (κ3) is 5.54. The molecule has 0 spiro atoms. The highest BCUT2D eigenvalue weighted by Crippen LogP contribution is 2.29. The van der Waals surface area contributed by atoms with E-state index >= 15 is 0 Å². The van der Waals surface area contributed by atoms with Crippen LogP contribution in [0.3, 0.4) is 0 Å². The fourth-order valence-electron chi connectivity index (χ4n) is 4.11. The van der Waals surface area contributed by atoms with Gasteiger partial charge in [-0.15, -0.1) is 0 Å². The second-order valence-corrected chi connectivity index (χ2v) is 8.19. The Hall–Kier alpha value is -2.63. The Bertz CT molecular complexity index is 837. The first-order valence-corrected chi connectivity index (χ1v) is 10.8. The van der Waals surface area contributed by atoms with Crippen molar-refractivity contribution in [3.05, 3.63) is 29.3 Å². The molecule has 2 heterocycles. The molecule has 3 atom stereocenters. The molecule has 168 valence electrons. The number of carbonyl (C=O) groups excluding carboxylic acids is 2. The molecule has 31 heavy (non-hydrogen) atoms. The van der Waals surface area contributed by atoms with Gasteiger partial charge in [0.05, 0.1) is 23.3 Å². The van der Waals surface area contributed by atoms with Crippen molar-refractivity contribution in [1.29, 1.82) is 5.26 Å². The van der Waals surface area contributed by atoms with Gasteiger partial charge >= 0.3 is 0 Å². The van der Waals surface area contributed by atoms with Gasteiger partial charge in [-0.2, -0.15) is 5.26 Å². The van der Waals surface area contributed by atoms with Crippen molar-refractivity contribution >= 4 is 11.8 Å². The quantitative estimate of drug-likeness (QED) is 0.680. The first kappa shape index (κ1) is 23.0. The van der Waals surface area contributed by atoms with E-state index in [0.29, 0.717) is 37.1 Å². The average Bonchev–Trinajstić information content (AvgIpc) is 2.79. The third-order valence-electron chi connectivity index (χ3n) is 6.06. The van der Waals surface area contributed by atoms with Crippen LogP contribution >= 0.6 is 0 Å². The molecule has 8 nitrogen and oxygen atoms in total. The number of carbonyl (C=O) groups is 2. The molecule has 0 radical (unpaired) electrons. The second kappa shape index (κ2) is 10.6. The summed E-state index contributed by atoms with van der Waals surface area (Å²) in [4.78, 5) is 28.8. The third-order valence-corrected chi connectivity index (χ3v) is 6.06. The topological polar surface area (TPSA) is 92.1 Å². The maximum absolute atomic E-state index is 13.1. The molecule has 1 aromatic carbocycles. The number of nitrogens with zero attached hydrogens (tertiary/aromatic N) is 3. The highest BCUT2D eigenvalue weighted by atomic mass is 16.6. The molecular weight excluding hydrogens is 398 g/mol. The van der Waals surface area contributed by atoms with Gasteiger partial charge in [-0.3, -0.25) is 9.59 Å². The van der Waals surface area contributed by atoms with E-state index in [1.54, 1.807) is 49.2 Å². The summed E-state index contributed by atoms with van der Waals surface area (Å²) in [7, 11) is 5.15. The van der Waals surface area contributed by atoms with Crippen LogP contribution in [-0.2, 0) is 14.3 Å². The lowest BCUT2D eigenvalue weighted by Gasteiger charge is -2.36. The minimum atomic E-state index is -0.329. The molecule has 8 heteroatoms. The molecule has 2 aliphatic heterocycles. The van der Waals surface area contributed by atoms with Crippen LogP contribution in [0.15, 0.2) is 18.2 Å². The van der Waals surface area contributed by atoms with E-state index in [4.69, 9.17) is 14.2 Å². The van der Waals surface area contributed by atoms with E-state index in [0.717, 1.165) is 19.3 Å². The number of ether oxygens (including phenoxy) is 3.